The number of carbonyl (C=O) groups excluding carboxylic acids is 1. The topological polar surface area (TPSA) is 179 Å². The maximum atomic E-state index is 10.8. The van der Waals surface area contributed by atoms with Crippen LogP contribution >= 0.6 is 0 Å². The molecule has 0 saturated carbocycles. The molecule has 9 heteroatoms. The van der Waals surface area contributed by atoms with E-state index in [2.05, 4.69) is 0 Å². The zero-order chi connectivity index (χ0) is 14.5. The van der Waals surface area contributed by atoms with Gasteiger partial charge in [-0.3, -0.25) is 4.79 Å². The molecule has 0 unspecified atom stereocenters. The fraction of sp³-hybridized carbons (Fsp3) is 0.889. The molecule has 108 valence electrons. The van der Waals surface area contributed by atoms with Gasteiger partial charge in [-0.25, -0.2) is 0 Å². The van der Waals surface area contributed by atoms with Gasteiger partial charge in [-0.2, -0.15) is 0 Å². The first kappa shape index (κ1) is 17.4. The van der Waals surface area contributed by atoms with Crippen LogP contribution in [0.25, 0.3) is 0 Å². The number of rotatable bonds is 8. The molecule has 0 radical (unpaired) electrons. The lowest BCUT2D eigenvalue weighted by Crippen LogP contribution is -2.54. The minimum Gasteiger partial charge on any atom is -0.394 e. The van der Waals surface area contributed by atoms with E-state index in [-0.39, 0.29) is 0 Å². The van der Waals surface area contributed by atoms with Gasteiger partial charge in [-0.1, -0.05) is 0 Å². The first-order valence-electron chi connectivity index (χ1n) is 5.10. The van der Waals surface area contributed by atoms with Crippen molar-refractivity contribution in [2.24, 2.45) is 0 Å². The highest BCUT2D eigenvalue weighted by Crippen LogP contribution is 2.11. The molecule has 0 saturated heterocycles. The fourth-order valence-corrected chi connectivity index (χ4v) is 1.21. The molecule has 8 N–H and O–H groups in total. The van der Waals surface area contributed by atoms with E-state index in [0.717, 1.165) is 0 Å². The largest absolute Gasteiger partial charge is 0.394 e. The third-order valence-electron chi connectivity index (χ3n) is 2.44. The standard InChI is InChI=1S/C9H18O9/c10-1-3(12)5(14)7(16)9(18)8(17)6(15)4(13)2-11/h3,5-12,14-18H,1-2H2/t3-,5-,6-,7+,8+,9+/m1/s1. The number of hydrogen-bond acceptors (Lipinski definition) is 9. The molecule has 0 aliphatic carbocycles. The van der Waals surface area contributed by atoms with Gasteiger partial charge in [0, 0.05) is 0 Å². The monoisotopic (exact) mass is 270 g/mol. The molecule has 6 atom stereocenters. The molecule has 0 amide bonds. The minimum absolute atomic E-state index is 0.904. The van der Waals surface area contributed by atoms with Crippen LogP contribution in [0, 0.1) is 0 Å². The van der Waals surface area contributed by atoms with Gasteiger partial charge in [0.2, 0.25) is 0 Å². The minimum atomic E-state index is -2.17. The van der Waals surface area contributed by atoms with Gasteiger partial charge in [0.05, 0.1) is 6.61 Å². The molecule has 0 spiro atoms. The second-order valence-corrected chi connectivity index (χ2v) is 3.78. The Labute approximate surface area is 102 Å². The summed E-state index contributed by atoms with van der Waals surface area (Å²) in [7, 11) is 0. The highest BCUT2D eigenvalue weighted by molar-refractivity contribution is 5.84. The van der Waals surface area contributed by atoms with E-state index in [1.165, 1.54) is 0 Å². The van der Waals surface area contributed by atoms with Gasteiger partial charge >= 0.3 is 0 Å². The third-order valence-corrected chi connectivity index (χ3v) is 2.44. The molecule has 0 rings (SSSR count). The summed E-state index contributed by atoms with van der Waals surface area (Å²) in [6.45, 7) is -1.98. The molecule has 9 nitrogen and oxygen atoms in total. The van der Waals surface area contributed by atoms with Crippen molar-refractivity contribution in [3.8, 4) is 0 Å². The lowest BCUT2D eigenvalue weighted by Gasteiger charge is -2.29. The Bertz CT molecular complexity index is 258. The van der Waals surface area contributed by atoms with Crippen LogP contribution in [0.1, 0.15) is 0 Å². The number of aliphatic hydroxyl groups is 8. The molecule has 0 aliphatic heterocycles. The fourth-order valence-electron chi connectivity index (χ4n) is 1.21. The summed E-state index contributed by atoms with van der Waals surface area (Å²) in [5.74, 6) is -1.19. The van der Waals surface area contributed by atoms with Crippen LogP contribution < -0.4 is 0 Å². The molecule has 0 bridgehead atoms. The second-order valence-electron chi connectivity index (χ2n) is 3.78. The molecular weight excluding hydrogens is 252 g/mol. The van der Waals surface area contributed by atoms with E-state index >= 15 is 0 Å². The summed E-state index contributed by atoms with van der Waals surface area (Å²) in [4.78, 5) is 10.8. The van der Waals surface area contributed by atoms with Gasteiger partial charge in [-0.05, 0) is 0 Å². The summed E-state index contributed by atoms with van der Waals surface area (Å²) >= 11 is 0. The Morgan fingerprint density at radius 2 is 1.22 bits per heavy atom. The summed E-state index contributed by atoms with van der Waals surface area (Å²) < 4.78 is 0. The first-order chi connectivity index (χ1) is 8.27. The Morgan fingerprint density at radius 1 is 0.778 bits per heavy atom. The molecule has 0 fully saturated rings. The van der Waals surface area contributed by atoms with Crippen molar-refractivity contribution < 1.29 is 45.6 Å². The van der Waals surface area contributed by atoms with Crippen LogP contribution in [0.4, 0.5) is 0 Å². The predicted molar refractivity (Wildman–Crippen MR) is 55.2 cm³/mol. The highest BCUT2D eigenvalue weighted by atomic mass is 16.4. The smallest absolute Gasteiger partial charge is 0.189 e. The Hall–Kier alpha value is -0.650. The van der Waals surface area contributed by atoms with Gasteiger partial charge in [-0.15, -0.1) is 0 Å². The van der Waals surface area contributed by atoms with E-state index in [4.69, 9.17) is 20.4 Å². The van der Waals surface area contributed by atoms with Gasteiger partial charge in [0.1, 0.15) is 43.2 Å². The van der Waals surface area contributed by atoms with Crippen LogP contribution in [0.2, 0.25) is 0 Å². The Morgan fingerprint density at radius 3 is 1.61 bits per heavy atom. The number of hydrogen-bond donors (Lipinski definition) is 8. The van der Waals surface area contributed by atoms with Crippen LogP contribution in [0.3, 0.4) is 0 Å². The second kappa shape index (κ2) is 7.71. The average Bonchev–Trinajstić information content (AvgIpc) is 2.40. The van der Waals surface area contributed by atoms with E-state index < -0.39 is 55.6 Å². The van der Waals surface area contributed by atoms with E-state index in [1.54, 1.807) is 0 Å². The summed E-state index contributed by atoms with van der Waals surface area (Å²) in [6, 6.07) is 0. The van der Waals surface area contributed by atoms with Crippen molar-refractivity contribution in [1.29, 1.82) is 0 Å². The summed E-state index contributed by atoms with van der Waals surface area (Å²) in [5, 5.41) is 72.4. The van der Waals surface area contributed by atoms with Crippen molar-refractivity contribution in [2.75, 3.05) is 13.2 Å². The molecule has 0 aromatic heterocycles. The quantitative estimate of drug-likeness (QED) is 0.214. The van der Waals surface area contributed by atoms with Crippen molar-refractivity contribution in [1.82, 2.24) is 0 Å². The molecule has 0 aromatic rings. The average molecular weight is 270 g/mol. The third kappa shape index (κ3) is 4.23. The zero-order valence-electron chi connectivity index (χ0n) is 9.36. The normalized spacial score (nSPS) is 21.8. The molecular formula is C9H18O9. The van der Waals surface area contributed by atoms with Crippen LogP contribution in [-0.4, -0.2) is 96.5 Å². The maximum absolute atomic E-state index is 10.8. The van der Waals surface area contributed by atoms with Crippen molar-refractivity contribution in [3.05, 3.63) is 0 Å². The maximum Gasteiger partial charge on any atom is 0.189 e. The van der Waals surface area contributed by atoms with Crippen molar-refractivity contribution in [3.63, 3.8) is 0 Å². The lowest BCUT2D eigenvalue weighted by molar-refractivity contribution is -0.165. The first-order valence-corrected chi connectivity index (χ1v) is 5.10. The number of ketones is 1. The van der Waals surface area contributed by atoms with Gasteiger partial charge in [0.15, 0.2) is 5.78 Å². The molecule has 0 heterocycles. The van der Waals surface area contributed by atoms with Crippen molar-refractivity contribution in [2.45, 2.75) is 36.6 Å². The van der Waals surface area contributed by atoms with E-state index in [1.807, 2.05) is 0 Å². The Balaban J connectivity index is 4.62. The van der Waals surface area contributed by atoms with E-state index in [0.29, 0.717) is 0 Å². The van der Waals surface area contributed by atoms with Crippen LogP contribution in [0.15, 0.2) is 0 Å². The molecule has 18 heavy (non-hydrogen) atoms. The van der Waals surface area contributed by atoms with Gasteiger partial charge in [0.25, 0.3) is 0 Å². The van der Waals surface area contributed by atoms with Crippen LogP contribution in [0.5, 0.6) is 0 Å². The predicted octanol–water partition coefficient (Wildman–Crippen LogP) is -5.29. The number of carbonyl (C=O) groups is 1. The zero-order valence-corrected chi connectivity index (χ0v) is 9.36. The number of Topliss-reactive ketones (excluding diaryl/α,β-unsaturated/α-hetero) is 1. The van der Waals surface area contributed by atoms with Crippen LogP contribution in [-0.2, 0) is 4.79 Å². The summed E-state index contributed by atoms with van der Waals surface area (Å²) in [5.41, 5.74) is 0. The van der Waals surface area contributed by atoms with Gasteiger partial charge < -0.3 is 40.9 Å². The van der Waals surface area contributed by atoms with Crippen molar-refractivity contribution >= 4 is 5.78 Å². The molecule has 0 aromatic carbocycles. The molecule has 0 aliphatic rings. The Kier molecular flexibility index (Phi) is 7.43. The van der Waals surface area contributed by atoms with E-state index in [9.17, 15) is 25.2 Å². The highest BCUT2D eigenvalue weighted by Gasteiger charge is 2.38. The summed E-state index contributed by atoms with van der Waals surface area (Å²) in [6.07, 6.45) is -12.4. The lowest BCUT2D eigenvalue weighted by atomic mass is 9.95. The number of aliphatic hydroxyl groups excluding tert-OH is 8. The SMILES string of the molecule is O=C(CO)[C@@H](O)[C@H](O)[C@@H](O)[C@@H](O)[C@H](O)[C@H](O)CO.